The van der Waals surface area contributed by atoms with Crippen molar-refractivity contribution in [1.82, 2.24) is 14.8 Å². The number of aromatic nitrogens is 1. The number of nitrogens with one attached hydrogen (secondary N) is 2. The van der Waals surface area contributed by atoms with Crippen molar-refractivity contribution in [1.29, 1.82) is 0 Å². The highest BCUT2D eigenvalue weighted by atomic mass is 35.5. The number of carbonyl (C=O) groups excluding carboxylic acids is 3. The molecule has 3 aromatic rings. The topological polar surface area (TPSA) is 107 Å². The van der Waals surface area contributed by atoms with Crippen molar-refractivity contribution in [2.45, 2.75) is 17.7 Å². The largest absolute Gasteiger partial charge is 0.358 e. The minimum atomic E-state index is -0.709. The zero-order valence-corrected chi connectivity index (χ0v) is 23.9. The standard InChI is InChI=1S/C29H28ClFN6O3S/c1-36-13-10-32-27(36)18-4-7-21(23(31)14-18)28(39)34-24-8-6-20(41-17-26(38)37-11-2-3-12-37)15-22(24)29(40)35-25-9-5-19(30)16-33-25/h4-9,14-16H,2-3,10-13,17H2,1H3,(H,34,39)(H,33,35,40). The number of benzene rings is 2. The maximum absolute atomic E-state index is 15.1. The number of halogens is 2. The number of carbonyl (C=O) groups is 3. The van der Waals surface area contributed by atoms with Crippen molar-refractivity contribution in [3.63, 3.8) is 0 Å². The lowest BCUT2D eigenvalue weighted by Gasteiger charge is -2.16. The molecule has 41 heavy (non-hydrogen) atoms. The van der Waals surface area contributed by atoms with E-state index in [1.165, 1.54) is 30.1 Å². The predicted octanol–water partition coefficient (Wildman–Crippen LogP) is 4.79. The smallest absolute Gasteiger partial charge is 0.258 e. The van der Waals surface area contributed by atoms with Gasteiger partial charge < -0.3 is 20.4 Å². The molecule has 0 spiro atoms. The molecule has 2 aliphatic heterocycles. The number of anilines is 2. The van der Waals surface area contributed by atoms with Gasteiger partial charge in [0.1, 0.15) is 17.5 Å². The molecule has 1 fully saturated rings. The summed E-state index contributed by atoms with van der Waals surface area (Å²) in [6, 6.07) is 12.3. The Morgan fingerprint density at radius 3 is 2.44 bits per heavy atom. The zero-order valence-electron chi connectivity index (χ0n) is 22.3. The SMILES string of the molecule is CN1CCN=C1c1ccc(C(=O)Nc2ccc(SCC(=O)N3CCCC3)cc2C(=O)Nc2ccc(Cl)cn2)c(F)c1. The summed E-state index contributed by atoms with van der Waals surface area (Å²) in [7, 11) is 1.88. The highest BCUT2D eigenvalue weighted by Gasteiger charge is 2.22. The van der Waals surface area contributed by atoms with E-state index in [2.05, 4.69) is 20.6 Å². The molecule has 3 heterocycles. The van der Waals surface area contributed by atoms with Crippen LogP contribution in [0.2, 0.25) is 5.02 Å². The molecule has 5 rings (SSSR count). The molecule has 0 saturated carbocycles. The first kappa shape index (κ1) is 28.6. The van der Waals surface area contributed by atoms with Crippen LogP contribution in [0, 0.1) is 5.82 Å². The van der Waals surface area contributed by atoms with Crippen molar-refractivity contribution in [2.75, 3.05) is 49.6 Å². The molecule has 0 atom stereocenters. The van der Waals surface area contributed by atoms with E-state index in [0.29, 0.717) is 27.9 Å². The summed E-state index contributed by atoms with van der Waals surface area (Å²) >= 11 is 7.21. The van der Waals surface area contributed by atoms with Gasteiger partial charge >= 0.3 is 0 Å². The lowest BCUT2D eigenvalue weighted by Crippen LogP contribution is -2.29. The molecule has 0 aliphatic carbocycles. The molecule has 0 unspecified atom stereocenters. The zero-order chi connectivity index (χ0) is 28.9. The number of hydrogen-bond donors (Lipinski definition) is 2. The van der Waals surface area contributed by atoms with Crippen LogP contribution in [-0.4, -0.2) is 77.3 Å². The first-order valence-electron chi connectivity index (χ1n) is 13.1. The lowest BCUT2D eigenvalue weighted by molar-refractivity contribution is -0.127. The Bertz CT molecular complexity index is 1510. The molecule has 12 heteroatoms. The number of amides is 3. The van der Waals surface area contributed by atoms with Crippen molar-refractivity contribution in [2.24, 2.45) is 4.99 Å². The van der Waals surface area contributed by atoms with E-state index in [-0.39, 0.29) is 34.3 Å². The van der Waals surface area contributed by atoms with Crippen molar-refractivity contribution < 1.29 is 18.8 Å². The van der Waals surface area contributed by atoms with Gasteiger partial charge in [0.15, 0.2) is 0 Å². The number of likely N-dealkylation sites (N-methyl/N-ethyl adjacent to an activating group) is 1. The molecule has 0 radical (unpaired) electrons. The number of pyridine rings is 1. The average molecular weight is 595 g/mol. The van der Waals surface area contributed by atoms with E-state index in [9.17, 15) is 14.4 Å². The van der Waals surface area contributed by atoms with Crippen LogP contribution in [0.1, 0.15) is 39.1 Å². The van der Waals surface area contributed by atoms with E-state index in [1.54, 1.807) is 36.4 Å². The summed E-state index contributed by atoms with van der Waals surface area (Å²) < 4.78 is 15.1. The van der Waals surface area contributed by atoms with Crippen LogP contribution in [0.3, 0.4) is 0 Å². The van der Waals surface area contributed by atoms with E-state index in [1.807, 2.05) is 16.8 Å². The first-order valence-corrected chi connectivity index (χ1v) is 14.5. The van der Waals surface area contributed by atoms with Gasteiger partial charge in [0.2, 0.25) is 5.91 Å². The normalized spacial score (nSPS) is 14.7. The van der Waals surface area contributed by atoms with Crippen molar-refractivity contribution in [3.8, 4) is 0 Å². The van der Waals surface area contributed by atoms with Gasteiger partial charge in [-0.3, -0.25) is 19.4 Å². The summed E-state index contributed by atoms with van der Waals surface area (Å²) in [5.74, 6) is -0.756. The van der Waals surface area contributed by atoms with E-state index in [0.717, 1.165) is 32.5 Å². The molecular formula is C29H28ClFN6O3S. The van der Waals surface area contributed by atoms with Gasteiger partial charge in [0.25, 0.3) is 11.8 Å². The van der Waals surface area contributed by atoms with Crippen molar-refractivity contribution >= 4 is 58.4 Å². The molecular weight excluding hydrogens is 567 g/mol. The fourth-order valence-corrected chi connectivity index (χ4v) is 5.57. The molecule has 9 nitrogen and oxygen atoms in total. The minimum absolute atomic E-state index is 0.0370. The van der Waals surface area contributed by atoms with Gasteiger partial charge in [-0.25, -0.2) is 9.37 Å². The molecule has 2 N–H and O–H groups in total. The first-order chi connectivity index (χ1) is 19.8. The Balaban J connectivity index is 1.37. The highest BCUT2D eigenvalue weighted by Crippen LogP contribution is 2.27. The molecule has 1 saturated heterocycles. The molecule has 212 valence electrons. The van der Waals surface area contributed by atoms with E-state index in [4.69, 9.17) is 11.6 Å². The fraction of sp³-hybridized carbons (Fsp3) is 0.276. The number of nitrogens with zero attached hydrogens (tertiary/aromatic N) is 4. The second-order valence-corrected chi connectivity index (χ2v) is 11.2. The van der Waals surface area contributed by atoms with Crippen LogP contribution < -0.4 is 10.6 Å². The number of aliphatic imine (C=N–C) groups is 1. The van der Waals surface area contributed by atoms with Gasteiger partial charge in [-0.05, 0) is 55.3 Å². The Hall–Kier alpha value is -3.96. The monoisotopic (exact) mass is 594 g/mol. The minimum Gasteiger partial charge on any atom is -0.358 e. The Morgan fingerprint density at radius 2 is 1.76 bits per heavy atom. The predicted molar refractivity (Wildman–Crippen MR) is 159 cm³/mol. The molecule has 3 amide bonds. The van der Waals surface area contributed by atoms with Gasteiger partial charge in [-0.15, -0.1) is 11.8 Å². The van der Waals surface area contributed by atoms with E-state index < -0.39 is 17.6 Å². The molecule has 2 aromatic carbocycles. The summed E-state index contributed by atoms with van der Waals surface area (Å²) in [6.07, 6.45) is 3.41. The Labute approximate surface area is 246 Å². The van der Waals surface area contributed by atoms with E-state index >= 15 is 4.39 Å². The van der Waals surface area contributed by atoms with Crippen LogP contribution in [-0.2, 0) is 4.79 Å². The van der Waals surface area contributed by atoms with Crippen LogP contribution in [0.25, 0.3) is 0 Å². The molecule has 1 aromatic heterocycles. The maximum atomic E-state index is 15.1. The number of rotatable bonds is 8. The van der Waals surface area contributed by atoms with Gasteiger partial charge in [0.05, 0.1) is 34.1 Å². The second-order valence-electron chi connectivity index (χ2n) is 9.68. The number of likely N-dealkylation sites (tertiary alicyclic amines) is 1. The molecule has 2 aliphatic rings. The molecule has 0 bridgehead atoms. The highest BCUT2D eigenvalue weighted by molar-refractivity contribution is 8.00. The maximum Gasteiger partial charge on any atom is 0.258 e. The van der Waals surface area contributed by atoms with Crippen LogP contribution >= 0.6 is 23.4 Å². The summed E-state index contributed by atoms with van der Waals surface area (Å²) in [5, 5.41) is 5.78. The van der Waals surface area contributed by atoms with Crippen molar-refractivity contribution in [3.05, 3.63) is 82.3 Å². The van der Waals surface area contributed by atoms with Gasteiger partial charge in [0, 0.05) is 43.3 Å². The summed E-state index contributed by atoms with van der Waals surface area (Å²) in [4.78, 5) is 51.9. The number of thioether (sulfide) groups is 1. The average Bonchev–Trinajstić information content (AvgIpc) is 3.66. The third-order valence-electron chi connectivity index (χ3n) is 6.80. The quantitative estimate of drug-likeness (QED) is 0.363. The third-order valence-corrected chi connectivity index (χ3v) is 8.01. The van der Waals surface area contributed by atoms with Crippen LogP contribution in [0.4, 0.5) is 15.9 Å². The lowest BCUT2D eigenvalue weighted by atomic mass is 10.1. The van der Waals surface area contributed by atoms with Gasteiger partial charge in [-0.1, -0.05) is 17.7 Å². The summed E-state index contributed by atoms with van der Waals surface area (Å²) in [6.45, 7) is 2.89. The fourth-order valence-electron chi connectivity index (χ4n) is 4.62. The van der Waals surface area contributed by atoms with Gasteiger partial charge in [-0.2, -0.15) is 0 Å². The third kappa shape index (κ3) is 6.86. The summed E-state index contributed by atoms with van der Waals surface area (Å²) in [5.41, 5.74) is 0.725. The Morgan fingerprint density at radius 1 is 0.976 bits per heavy atom. The second kappa shape index (κ2) is 12.7. The van der Waals surface area contributed by atoms with Crippen LogP contribution in [0.5, 0.6) is 0 Å². The number of hydrogen-bond acceptors (Lipinski definition) is 7. The number of amidine groups is 1. The Kier molecular flexibility index (Phi) is 8.84. The van der Waals surface area contributed by atoms with Crippen LogP contribution in [0.15, 0.2) is 64.6 Å².